The number of nitrogens with one attached hydrogen (secondary N) is 1. The summed E-state index contributed by atoms with van der Waals surface area (Å²) in [6, 6.07) is 6.16. The minimum absolute atomic E-state index is 0.169. The number of thiophene rings is 1. The number of carbonyl (C=O) groups excluding carboxylic acids is 1. The monoisotopic (exact) mass is 430 g/mol. The highest BCUT2D eigenvalue weighted by Gasteiger charge is 2.27. The molecule has 0 unspecified atom stereocenters. The number of nitrogens with two attached hydrogens (primary N) is 1. The van der Waals surface area contributed by atoms with Gasteiger partial charge in [-0.3, -0.25) is 4.79 Å². The van der Waals surface area contributed by atoms with Crippen molar-refractivity contribution in [1.29, 1.82) is 0 Å². The molecule has 1 aromatic carbocycles. The number of amides is 1. The van der Waals surface area contributed by atoms with Crippen molar-refractivity contribution in [1.82, 2.24) is 4.98 Å². The third-order valence-electron chi connectivity index (χ3n) is 5.68. The van der Waals surface area contributed by atoms with Crippen LogP contribution in [0.5, 0.6) is 0 Å². The Labute approximate surface area is 175 Å². The molecule has 3 N–H and O–H groups in total. The van der Waals surface area contributed by atoms with Crippen molar-refractivity contribution in [3.8, 4) is 11.1 Å². The highest BCUT2D eigenvalue weighted by molar-refractivity contribution is 7.91. The van der Waals surface area contributed by atoms with Crippen LogP contribution >= 0.6 is 11.3 Å². The fourth-order valence-corrected chi connectivity index (χ4v) is 6.79. The van der Waals surface area contributed by atoms with E-state index in [-0.39, 0.29) is 17.4 Å². The zero-order valence-corrected chi connectivity index (χ0v) is 18.3. The maximum atomic E-state index is 12.1. The second-order valence-corrected chi connectivity index (χ2v) is 11.7. The molecule has 29 heavy (non-hydrogen) atoms. The predicted molar refractivity (Wildman–Crippen MR) is 119 cm³/mol. The van der Waals surface area contributed by atoms with E-state index >= 15 is 0 Å². The van der Waals surface area contributed by atoms with Gasteiger partial charge in [-0.1, -0.05) is 13.8 Å². The standard InChI is InChI=1S/C22H26N2O3S2/c1-13(2)7-17-8-16(12-28-17)15-9-18-20(14-3-5-29(26,27)6-4-14)11-24-21(18)19(10-15)22(23)25/h8-14,24H,3-7H2,1-2H3,(H2,23,25). The topological polar surface area (TPSA) is 93.0 Å². The number of aromatic amines is 1. The van der Waals surface area contributed by atoms with Crippen LogP contribution in [0, 0.1) is 5.92 Å². The van der Waals surface area contributed by atoms with Crippen molar-refractivity contribution in [2.45, 2.75) is 39.0 Å². The van der Waals surface area contributed by atoms with Gasteiger partial charge in [0.2, 0.25) is 0 Å². The maximum Gasteiger partial charge on any atom is 0.250 e. The van der Waals surface area contributed by atoms with E-state index in [2.05, 4.69) is 36.3 Å². The summed E-state index contributed by atoms with van der Waals surface area (Å²) >= 11 is 1.74. The van der Waals surface area contributed by atoms with Crippen LogP contribution in [0.15, 0.2) is 29.8 Å². The van der Waals surface area contributed by atoms with Crippen LogP contribution in [-0.2, 0) is 16.3 Å². The molecule has 0 aliphatic carbocycles. The van der Waals surface area contributed by atoms with Crippen LogP contribution in [0.1, 0.15) is 53.4 Å². The number of benzene rings is 1. The first-order valence-corrected chi connectivity index (χ1v) is 12.7. The smallest absolute Gasteiger partial charge is 0.250 e. The van der Waals surface area contributed by atoms with Gasteiger partial charge in [0.25, 0.3) is 5.91 Å². The molecule has 154 valence electrons. The second kappa shape index (κ2) is 7.61. The molecule has 0 radical (unpaired) electrons. The van der Waals surface area contributed by atoms with Crippen molar-refractivity contribution < 1.29 is 13.2 Å². The molecule has 0 bridgehead atoms. The van der Waals surface area contributed by atoms with Gasteiger partial charge in [-0.15, -0.1) is 11.3 Å². The third kappa shape index (κ3) is 4.12. The molecule has 0 spiro atoms. The van der Waals surface area contributed by atoms with Crippen molar-refractivity contribution in [2.75, 3.05) is 11.5 Å². The number of fused-ring (bicyclic) bond motifs is 1. The number of H-pyrrole nitrogens is 1. The van der Waals surface area contributed by atoms with Gasteiger partial charge in [0.1, 0.15) is 9.84 Å². The molecule has 1 fully saturated rings. The van der Waals surface area contributed by atoms with Crippen LogP contribution in [0.25, 0.3) is 22.0 Å². The van der Waals surface area contributed by atoms with Crippen LogP contribution in [0.2, 0.25) is 0 Å². The van der Waals surface area contributed by atoms with Gasteiger partial charge >= 0.3 is 0 Å². The average molecular weight is 431 g/mol. The lowest BCUT2D eigenvalue weighted by Gasteiger charge is -2.21. The Kier molecular flexibility index (Phi) is 5.29. The Morgan fingerprint density at radius 1 is 1.21 bits per heavy atom. The number of carbonyl (C=O) groups is 1. The van der Waals surface area contributed by atoms with Crippen molar-refractivity contribution in [3.63, 3.8) is 0 Å². The molecule has 0 atom stereocenters. The molecular weight excluding hydrogens is 404 g/mol. The van der Waals surface area contributed by atoms with E-state index in [1.54, 1.807) is 11.3 Å². The largest absolute Gasteiger partial charge is 0.366 e. The number of aromatic nitrogens is 1. The molecule has 2 aromatic heterocycles. The number of sulfone groups is 1. The minimum atomic E-state index is -2.92. The summed E-state index contributed by atoms with van der Waals surface area (Å²) in [4.78, 5) is 16.7. The molecule has 1 aliphatic heterocycles. The summed E-state index contributed by atoms with van der Waals surface area (Å²) in [7, 11) is -2.92. The van der Waals surface area contributed by atoms with Crippen LogP contribution in [0.3, 0.4) is 0 Å². The molecule has 5 nitrogen and oxygen atoms in total. The molecule has 1 saturated heterocycles. The van der Waals surface area contributed by atoms with Crippen molar-refractivity contribution in [2.24, 2.45) is 11.7 Å². The predicted octanol–water partition coefficient (Wildman–Crippen LogP) is 4.49. The van der Waals surface area contributed by atoms with Crippen molar-refractivity contribution >= 4 is 38.0 Å². The van der Waals surface area contributed by atoms with E-state index in [1.807, 2.05) is 12.3 Å². The first-order chi connectivity index (χ1) is 13.7. The minimum Gasteiger partial charge on any atom is -0.366 e. The van der Waals surface area contributed by atoms with E-state index in [1.165, 1.54) is 4.88 Å². The Hall–Kier alpha value is -2.12. The summed E-state index contributed by atoms with van der Waals surface area (Å²) in [6.45, 7) is 4.40. The summed E-state index contributed by atoms with van der Waals surface area (Å²) in [5.41, 5.74) is 10.0. The molecular formula is C22H26N2O3S2. The van der Waals surface area contributed by atoms with Gasteiger partial charge in [-0.05, 0) is 71.4 Å². The quantitative estimate of drug-likeness (QED) is 0.625. The molecule has 1 aliphatic rings. The molecule has 1 amide bonds. The summed E-state index contributed by atoms with van der Waals surface area (Å²) < 4.78 is 23.6. The van der Waals surface area contributed by atoms with Gasteiger partial charge in [0, 0.05) is 16.5 Å². The molecule has 0 saturated carbocycles. The Morgan fingerprint density at radius 3 is 2.59 bits per heavy atom. The van der Waals surface area contributed by atoms with Gasteiger partial charge < -0.3 is 10.7 Å². The van der Waals surface area contributed by atoms with E-state index in [4.69, 9.17) is 5.73 Å². The van der Waals surface area contributed by atoms with Gasteiger partial charge in [-0.25, -0.2) is 8.42 Å². The SMILES string of the molecule is CC(C)Cc1cc(-c2cc(C(N)=O)c3[nH]cc(C4CCS(=O)(=O)CC4)c3c2)cs1. The van der Waals surface area contributed by atoms with E-state index in [9.17, 15) is 13.2 Å². The van der Waals surface area contributed by atoms with Crippen molar-refractivity contribution in [3.05, 3.63) is 45.8 Å². The second-order valence-electron chi connectivity index (χ2n) is 8.38. The highest BCUT2D eigenvalue weighted by atomic mass is 32.2. The first kappa shape index (κ1) is 20.2. The van der Waals surface area contributed by atoms with E-state index in [0.717, 1.165) is 34.0 Å². The molecule has 7 heteroatoms. The zero-order chi connectivity index (χ0) is 20.8. The number of hydrogen-bond acceptors (Lipinski definition) is 4. The Morgan fingerprint density at radius 2 is 1.93 bits per heavy atom. The fourth-order valence-electron chi connectivity index (χ4n) is 4.19. The lowest BCUT2D eigenvalue weighted by molar-refractivity contribution is 0.100. The lowest BCUT2D eigenvalue weighted by atomic mass is 9.91. The number of rotatable bonds is 5. The van der Waals surface area contributed by atoms with Crippen LogP contribution < -0.4 is 5.73 Å². The van der Waals surface area contributed by atoms with E-state index < -0.39 is 15.7 Å². The van der Waals surface area contributed by atoms with E-state index in [0.29, 0.717) is 24.3 Å². The summed E-state index contributed by atoms with van der Waals surface area (Å²) in [6.07, 6.45) is 4.17. The van der Waals surface area contributed by atoms with Gasteiger partial charge in [0.15, 0.2) is 0 Å². The summed E-state index contributed by atoms with van der Waals surface area (Å²) in [5, 5.41) is 3.10. The average Bonchev–Trinajstić information content (AvgIpc) is 3.27. The Bertz CT molecular complexity index is 1160. The molecule has 3 aromatic rings. The lowest BCUT2D eigenvalue weighted by Crippen LogP contribution is -2.22. The molecule has 3 heterocycles. The third-order valence-corrected chi connectivity index (χ3v) is 8.35. The van der Waals surface area contributed by atoms with Gasteiger partial charge in [-0.2, -0.15) is 0 Å². The fraction of sp³-hybridized carbons (Fsp3) is 0.409. The Balaban J connectivity index is 1.78. The maximum absolute atomic E-state index is 12.1. The van der Waals surface area contributed by atoms with Crippen LogP contribution in [-0.4, -0.2) is 30.8 Å². The molecule has 4 rings (SSSR count). The zero-order valence-electron chi connectivity index (χ0n) is 16.7. The highest BCUT2D eigenvalue weighted by Crippen LogP contribution is 2.38. The van der Waals surface area contributed by atoms with Crippen LogP contribution in [0.4, 0.5) is 0 Å². The number of hydrogen-bond donors (Lipinski definition) is 2. The normalized spacial score (nSPS) is 17.2. The number of primary amides is 1. The summed E-state index contributed by atoms with van der Waals surface area (Å²) in [5.74, 6) is 0.728. The first-order valence-electron chi connectivity index (χ1n) is 9.96. The van der Waals surface area contributed by atoms with Gasteiger partial charge in [0.05, 0.1) is 22.6 Å².